The van der Waals surface area contributed by atoms with Crippen LogP contribution in [0.1, 0.15) is 35.3 Å². The van der Waals surface area contributed by atoms with Gasteiger partial charge in [0.15, 0.2) is 0 Å². The first-order valence-corrected chi connectivity index (χ1v) is 11.3. The van der Waals surface area contributed by atoms with Crippen LogP contribution >= 0.6 is 0 Å². The van der Waals surface area contributed by atoms with E-state index in [9.17, 15) is 4.79 Å². The van der Waals surface area contributed by atoms with Crippen LogP contribution in [-0.2, 0) is 0 Å². The van der Waals surface area contributed by atoms with Crippen molar-refractivity contribution in [2.75, 3.05) is 6.54 Å². The average Bonchev–Trinajstić information content (AvgIpc) is 2.88. The van der Waals surface area contributed by atoms with Crippen LogP contribution in [0.5, 0.6) is 0 Å². The van der Waals surface area contributed by atoms with Crippen molar-refractivity contribution in [1.29, 1.82) is 5.41 Å². The van der Waals surface area contributed by atoms with Gasteiger partial charge in [0.25, 0.3) is 0 Å². The summed E-state index contributed by atoms with van der Waals surface area (Å²) in [4.78, 5) is 16.6. The van der Waals surface area contributed by atoms with Gasteiger partial charge in [0.05, 0.1) is 5.69 Å². The van der Waals surface area contributed by atoms with Crippen molar-refractivity contribution < 1.29 is 4.79 Å². The summed E-state index contributed by atoms with van der Waals surface area (Å²) in [5.41, 5.74) is 13.1. The van der Waals surface area contributed by atoms with Crippen molar-refractivity contribution in [3.63, 3.8) is 0 Å². The molecule has 0 aromatic heterocycles. The predicted octanol–water partition coefficient (Wildman–Crippen LogP) is 6.31. The molecule has 3 rings (SSSR count). The Balaban J connectivity index is 2.04. The Morgan fingerprint density at radius 2 is 1.71 bits per heavy atom. The summed E-state index contributed by atoms with van der Waals surface area (Å²) in [5, 5.41) is 10.5. The van der Waals surface area contributed by atoms with Crippen molar-refractivity contribution in [1.82, 2.24) is 5.32 Å². The second kappa shape index (κ2) is 12.1. The molecule has 0 aliphatic carbocycles. The molecule has 0 aliphatic heterocycles. The topological polar surface area (TPSA) is 91.3 Å². The van der Waals surface area contributed by atoms with Gasteiger partial charge in [0, 0.05) is 35.3 Å². The van der Waals surface area contributed by atoms with Gasteiger partial charge in [-0.1, -0.05) is 78.9 Å². The summed E-state index contributed by atoms with van der Waals surface area (Å²) in [5.74, 6) is -0.470. The lowest BCUT2D eigenvalue weighted by atomic mass is 9.96. The monoisotopic (exact) mass is 462 g/mol. The molecule has 4 N–H and O–H groups in total. The summed E-state index contributed by atoms with van der Waals surface area (Å²) < 4.78 is 0. The highest BCUT2D eigenvalue weighted by Crippen LogP contribution is 2.35. The van der Waals surface area contributed by atoms with Crippen LogP contribution in [0.4, 0.5) is 5.69 Å². The van der Waals surface area contributed by atoms with Gasteiger partial charge in [-0.2, -0.15) is 0 Å². The summed E-state index contributed by atoms with van der Waals surface area (Å²) in [6.45, 7) is 8.87. The molecule has 3 aromatic carbocycles. The number of rotatable bonds is 10. The standard InChI is InChI=1S/C30H30N4O/c1-21(11-7-8-18-31)20-33-23(3)29-27(24-12-5-4-6-13-24)16-10-17-28(29)34-22(2)25-14-9-15-26(19-25)30(32)35/h4-19,31,33H,3,20H2,1-2H3,(H2,32,35)/b8-7-,21-11+,31-18?,34-22?. The highest BCUT2D eigenvalue weighted by molar-refractivity contribution is 6.03. The van der Waals surface area contributed by atoms with Gasteiger partial charge in [0.2, 0.25) is 5.91 Å². The van der Waals surface area contributed by atoms with Crippen LogP contribution in [0, 0.1) is 5.41 Å². The van der Waals surface area contributed by atoms with E-state index < -0.39 is 5.91 Å². The van der Waals surface area contributed by atoms with Crippen LogP contribution in [0.3, 0.4) is 0 Å². The Hall–Kier alpha value is -4.51. The number of carbonyl (C=O) groups is 1. The van der Waals surface area contributed by atoms with Crippen molar-refractivity contribution in [2.24, 2.45) is 10.7 Å². The lowest BCUT2D eigenvalue weighted by Gasteiger charge is -2.17. The van der Waals surface area contributed by atoms with Gasteiger partial charge >= 0.3 is 0 Å². The minimum Gasteiger partial charge on any atom is -0.381 e. The Labute approximate surface area is 206 Å². The lowest BCUT2D eigenvalue weighted by Crippen LogP contribution is -2.15. The first-order valence-electron chi connectivity index (χ1n) is 11.3. The van der Waals surface area contributed by atoms with Crippen LogP contribution in [-0.4, -0.2) is 24.4 Å². The lowest BCUT2D eigenvalue weighted by molar-refractivity contribution is 0.100. The summed E-state index contributed by atoms with van der Waals surface area (Å²) >= 11 is 0. The van der Waals surface area contributed by atoms with E-state index in [1.54, 1.807) is 24.3 Å². The van der Waals surface area contributed by atoms with Gasteiger partial charge in [-0.3, -0.25) is 9.79 Å². The minimum absolute atomic E-state index is 0.445. The number of nitrogens with one attached hydrogen (secondary N) is 2. The number of amides is 1. The Morgan fingerprint density at radius 3 is 2.43 bits per heavy atom. The van der Waals surface area contributed by atoms with Gasteiger partial charge in [-0.05, 0) is 54.8 Å². The molecule has 0 saturated carbocycles. The van der Waals surface area contributed by atoms with Crippen molar-refractivity contribution >= 4 is 29.2 Å². The Bertz CT molecular complexity index is 1320. The number of allylic oxidation sites excluding steroid dienone is 3. The Kier molecular flexibility index (Phi) is 8.68. The van der Waals surface area contributed by atoms with E-state index in [0.29, 0.717) is 12.1 Å². The highest BCUT2D eigenvalue weighted by atomic mass is 16.1. The zero-order chi connectivity index (χ0) is 25.2. The number of nitrogens with two attached hydrogens (primary N) is 1. The molecule has 35 heavy (non-hydrogen) atoms. The summed E-state index contributed by atoms with van der Waals surface area (Å²) in [6, 6.07) is 23.3. The number of benzene rings is 3. The summed E-state index contributed by atoms with van der Waals surface area (Å²) in [7, 11) is 0. The molecule has 5 nitrogen and oxygen atoms in total. The van der Waals surface area contributed by atoms with E-state index >= 15 is 0 Å². The van der Waals surface area contributed by atoms with Gasteiger partial charge in [-0.25, -0.2) is 0 Å². The number of aliphatic imine (C=N–C) groups is 1. The molecule has 0 heterocycles. The third-order valence-corrected chi connectivity index (χ3v) is 5.45. The smallest absolute Gasteiger partial charge is 0.248 e. The van der Waals surface area contributed by atoms with Crippen LogP contribution in [0.2, 0.25) is 0 Å². The molecule has 0 bridgehead atoms. The van der Waals surface area contributed by atoms with Gasteiger partial charge in [-0.15, -0.1) is 0 Å². The number of hydrogen-bond donors (Lipinski definition) is 3. The largest absolute Gasteiger partial charge is 0.381 e. The molecule has 0 fully saturated rings. The van der Waals surface area contributed by atoms with Crippen molar-refractivity contribution in [3.05, 3.63) is 120 Å². The SMILES string of the molecule is C=C(NC/C(C)=C/C=C\C=N)c1c(N=C(C)c2cccc(C(N)=O)c2)cccc1-c1ccccc1. The normalized spacial score (nSPS) is 11.9. The third kappa shape index (κ3) is 6.74. The minimum atomic E-state index is -0.470. The molecular formula is C30H30N4O. The van der Waals surface area contributed by atoms with Gasteiger partial charge in [0.1, 0.15) is 0 Å². The van der Waals surface area contributed by atoms with E-state index in [1.165, 1.54) is 6.21 Å². The predicted molar refractivity (Wildman–Crippen MR) is 147 cm³/mol. The molecule has 0 unspecified atom stereocenters. The van der Waals surface area contributed by atoms with E-state index in [2.05, 4.69) is 30.1 Å². The number of hydrogen-bond acceptors (Lipinski definition) is 4. The van der Waals surface area contributed by atoms with Crippen LogP contribution < -0.4 is 11.1 Å². The second-order valence-electron chi connectivity index (χ2n) is 8.10. The maximum absolute atomic E-state index is 11.6. The Morgan fingerprint density at radius 1 is 1.00 bits per heavy atom. The zero-order valence-corrected chi connectivity index (χ0v) is 20.1. The van der Waals surface area contributed by atoms with E-state index in [1.807, 2.05) is 62.4 Å². The zero-order valence-electron chi connectivity index (χ0n) is 20.1. The number of carbonyl (C=O) groups excluding carboxylic acids is 1. The molecule has 3 aromatic rings. The van der Waals surface area contributed by atoms with E-state index in [4.69, 9.17) is 16.1 Å². The van der Waals surface area contributed by atoms with E-state index in [0.717, 1.165) is 44.9 Å². The first-order chi connectivity index (χ1) is 16.9. The maximum atomic E-state index is 11.6. The molecule has 0 aliphatic rings. The highest BCUT2D eigenvalue weighted by Gasteiger charge is 2.14. The summed E-state index contributed by atoms with van der Waals surface area (Å²) in [6.07, 6.45) is 6.72. The molecule has 0 radical (unpaired) electrons. The molecule has 176 valence electrons. The van der Waals surface area contributed by atoms with Crippen LogP contribution in [0.15, 0.2) is 108 Å². The molecule has 1 amide bonds. The molecule has 0 saturated heterocycles. The molecular weight excluding hydrogens is 432 g/mol. The van der Waals surface area contributed by atoms with Crippen molar-refractivity contribution in [3.8, 4) is 11.1 Å². The quantitative estimate of drug-likeness (QED) is 0.243. The first kappa shape index (κ1) is 25.1. The van der Waals surface area contributed by atoms with E-state index in [-0.39, 0.29) is 0 Å². The second-order valence-corrected chi connectivity index (χ2v) is 8.10. The molecule has 0 spiro atoms. The average molecular weight is 463 g/mol. The van der Waals surface area contributed by atoms with Crippen LogP contribution in [0.25, 0.3) is 16.8 Å². The fraction of sp³-hybridized carbons (Fsp3) is 0.100. The van der Waals surface area contributed by atoms with Gasteiger partial charge < -0.3 is 16.5 Å². The van der Waals surface area contributed by atoms with Crippen molar-refractivity contribution in [2.45, 2.75) is 13.8 Å². The third-order valence-electron chi connectivity index (χ3n) is 5.45. The number of primary amides is 1. The fourth-order valence-corrected chi connectivity index (χ4v) is 3.62. The molecule has 0 atom stereocenters. The molecule has 5 heteroatoms. The fourth-order valence-electron chi connectivity index (χ4n) is 3.62. The maximum Gasteiger partial charge on any atom is 0.248 e. The number of nitrogens with zero attached hydrogens (tertiary/aromatic N) is 1.